The van der Waals surface area contributed by atoms with E-state index < -0.39 is 23.3 Å². The lowest BCUT2D eigenvalue weighted by molar-refractivity contribution is 0.308. The summed E-state index contributed by atoms with van der Waals surface area (Å²) in [6.07, 6.45) is 1.86. The van der Waals surface area contributed by atoms with Crippen LogP contribution in [0.15, 0.2) is 66.7 Å². The number of rotatable bonds is 5. The van der Waals surface area contributed by atoms with Crippen LogP contribution >= 0.6 is 0 Å². The molecule has 4 aromatic rings. The van der Waals surface area contributed by atoms with Gasteiger partial charge in [-0.1, -0.05) is 43.4 Å². The number of ether oxygens (including phenoxy) is 1. The maximum absolute atomic E-state index is 14.7. The van der Waals surface area contributed by atoms with E-state index in [1.807, 2.05) is 6.92 Å². The van der Waals surface area contributed by atoms with Crippen LogP contribution in [0.2, 0.25) is 0 Å². The molecule has 0 aliphatic rings. The van der Waals surface area contributed by atoms with Crippen molar-refractivity contribution in [3.8, 4) is 28.7 Å². The zero-order valence-corrected chi connectivity index (χ0v) is 17.9. The Kier molecular flexibility index (Phi) is 6.65. The Labute approximate surface area is 189 Å². The molecule has 0 radical (unpaired) electrons. The molecule has 33 heavy (non-hydrogen) atoms. The van der Waals surface area contributed by atoms with Crippen LogP contribution in [0.4, 0.5) is 17.6 Å². The van der Waals surface area contributed by atoms with Crippen molar-refractivity contribution in [2.45, 2.75) is 19.8 Å². The van der Waals surface area contributed by atoms with Crippen molar-refractivity contribution in [3.63, 3.8) is 0 Å². The number of hydrogen-bond donors (Lipinski definition) is 0. The van der Waals surface area contributed by atoms with Crippen LogP contribution in [0.25, 0.3) is 21.9 Å². The number of hydrogen-bond acceptors (Lipinski definition) is 1. The molecule has 4 rings (SSSR count). The largest absolute Gasteiger partial charge is 0.493 e. The fourth-order valence-electron chi connectivity index (χ4n) is 3.42. The van der Waals surface area contributed by atoms with Crippen molar-refractivity contribution in [2.24, 2.45) is 0 Å². The molecule has 0 aliphatic carbocycles. The smallest absolute Gasteiger partial charge is 0.166 e. The van der Waals surface area contributed by atoms with Crippen molar-refractivity contribution in [3.05, 3.63) is 101 Å². The van der Waals surface area contributed by atoms with Gasteiger partial charge >= 0.3 is 0 Å². The Hall–Kier alpha value is -3.78. The first kappa shape index (κ1) is 22.4. The van der Waals surface area contributed by atoms with E-state index in [4.69, 9.17) is 4.74 Å². The SMILES string of the molecule is CCCCOc1ccc(-c2ccc(C#Cc3ccc4c(F)c(F)ccc4c3)c(F)c2)c(F)c1. The first-order valence-corrected chi connectivity index (χ1v) is 10.6. The zero-order chi connectivity index (χ0) is 23.4. The van der Waals surface area contributed by atoms with Gasteiger partial charge < -0.3 is 4.74 Å². The third-order valence-electron chi connectivity index (χ3n) is 5.24. The zero-order valence-electron chi connectivity index (χ0n) is 17.9. The van der Waals surface area contributed by atoms with Gasteiger partial charge in [-0.25, -0.2) is 17.6 Å². The van der Waals surface area contributed by atoms with Crippen LogP contribution in [-0.2, 0) is 0 Å². The van der Waals surface area contributed by atoms with Crippen molar-refractivity contribution in [2.75, 3.05) is 6.61 Å². The van der Waals surface area contributed by atoms with Gasteiger partial charge in [0, 0.05) is 22.6 Å². The molecule has 0 N–H and O–H groups in total. The molecule has 166 valence electrons. The van der Waals surface area contributed by atoms with E-state index in [-0.39, 0.29) is 16.5 Å². The third-order valence-corrected chi connectivity index (χ3v) is 5.24. The Bertz CT molecular complexity index is 1380. The highest BCUT2D eigenvalue weighted by Gasteiger charge is 2.10. The van der Waals surface area contributed by atoms with Crippen LogP contribution < -0.4 is 4.74 Å². The predicted octanol–water partition coefficient (Wildman–Crippen LogP) is 7.64. The highest BCUT2D eigenvalue weighted by Crippen LogP contribution is 2.28. The van der Waals surface area contributed by atoms with Gasteiger partial charge in [0.2, 0.25) is 0 Å². The van der Waals surface area contributed by atoms with E-state index in [9.17, 15) is 17.6 Å². The topological polar surface area (TPSA) is 9.23 Å². The van der Waals surface area contributed by atoms with Crippen molar-refractivity contribution in [1.82, 2.24) is 0 Å². The summed E-state index contributed by atoms with van der Waals surface area (Å²) in [6.45, 7) is 2.56. The molecule has 0 spiro atoms. The van der Waals surface area contributed by atoms with E-state index in [2.05, 4.69) is 11.8 Å². The van der Waals surface area contributed by atoms with E-state index >= 15 is 0 Å². The maximum atomic E-state index is 14.7. The summed E-state index contributed by atoms with van der Waals surface area (Å²) in [5.74, 6) is 3.10. The van der Waals surface area contributed by atoms with E-state index in [0.29, 0.717) is 28.9 Å². The molecular weight excluding hydrogens is 428 g/mol. The molecular formula is C28H20F4O. The molecule has 0 fully saturated rings. The average molecular weight is 448 g/mol. The quantitative estimate of drug-likeness (QED) is 0.173. The van der Waals surface area contributed by atoms with Crippen molar-refractivity contribution in [1.29, 1.82) is 0 Å². The van der Waals surface area contributed by atoms with Gasteiger partial charge in [0.15, 0.2) is 11.6 Å². The summed E-state index contributed by atoms with van der Waals surface area (Å²) in [5.41, 5.74) is 1.32. The Morgan fingerprint density at radius 2 is 1.61 bits per heavy atom. The normalized spacial score (nSPS) is 10.7. The lowest BCUT2D eigenvalue weighted by Gasteiger charge is -2.09. The molecule has 0 saturated carbocycles. The minimum Gasteiger partial charge on any atom is -0.493 e. The summed E-state index contributed by atoms with van der Waals surface area (Å²) < 4.78 is 61.9. The molecule has 5 heteroatoms. The van der Waals surface area contributed by atoms with E-state index in [0.717, 1.165) is 18.9 Å². The number of halogens is 4. The average Bonchev–Trinajstić information content (AvgIpc) is 2.81. The van der Waals surface area contributed by atoms with Gasteiger partial charge in [-0.3, -0.25) is 0 Å². The number of benzene rings is 4. The molecule has 4 aromatic carbocycles. The van der Waals surface area contributed by atoms with Crippen LogP contribution in [-0.4, -0.2) is 6.61 Å². The van der Waals surface area contributed by atoms with Gasteiger partial charge in [-0.05, 0) is 59.8 Å². The minimum absolute atomic E-state index is 0.143. The first-order valence-electron chi connectivity index (χ1n) is 10.6. The first-order chi connectivity index (χ1) is 16.0. The second kappa shape index (κ2) is 9.79. The predicted molar refractivity (Wildman–Crippen MR) is 122 cm³/mol. The van der Waals surface area contributed by atoms with Gasteiger partial charge in [-0.15, -0.1) is 0 Å². The molecule has 0 aliphatic heterocycles. The lowest BCUT2D eigenvalue weighted by Crippen LogP contribution is -1.97. The van der Waals surface area contributed by atoms with Crippen LogP contribution in [0.5, 0.6) is 5.75 Å². The summed E-state index contributed by atoms with van der Waals surface area (Å²) in [5, 5.41) is 0.647. The molecule has 0 saturated heterocycles. The molecule has 0 amide bonds. The van der Waals surface area contributed by atoms with Gasteiger partial charge in [0.05, 0.1) is 12.2 Å². The Morgan fingerprint density at radius 1 is 0.758 bits per heavy atom. The highest BCUT2D eigenvalue weighted by atomic mass is 19.2. The molecule has 1 nitrogen and oxygen atoms in total. The summed E-state index contributed by atoms with van der Waals surface area (Å²) in [7, 11) is 0. The van der Waals surface area contributed by atoms with Crippen molar-refractivity contribution < 1.29 is 22.3 Å². The third kappa shape index (κ3) is 5.01. The van der Waals surface area contributed by atoms with Crippen LogP contribution in [0, 0.1) is 35.1 Å². The monoisotopic (exact) mass is 448 g/mol. The number of unbranched alkanes of at least 4 members (excludes halogenated alkanes) is 1. The number of fused-ring (bicyclic) bond motifs is 1. The van der Waals surface area contributed by atoms with E-state index in [1.54, 1.807) is 30.3 Å². The van der Waals surface area contributed by atoms with Gasteiger partial charge in [-0.2, -0.15) is 0 Å². The summed E-state index contributed by atoms with van der Waals surface area (Å²) >= 11 is 0. The minimum atomic E-state index is -0.918. The standard InChI is InChI=1S/C28H20F4O/c1-2-3-14-33-22-10-12-23(27(31)17-22)21-8-7-19(26(30)16-21)6-4-18-5-11-24-20(15-18)9-13-25(29)28(24)32/h5,7-13,15-17H,2-3,14H2,1H3. The summed E-state index contributed by atoms with van der Waals surface area (Å²) in [6, 6.07) is 15.9. The molecule has 0 aromatic heterocycles. The highest BCUT2D eigenvalue weighted by molar-refractivity contribution is 5.84. The molecule has 0 bridgehead atoms. The van der Waals surface area contributed by atoms with Gasteiger partial charge in [0.1, 0.15) is 17.4 Å². The fraction of sp³-hybridized carbons (Fsp3) is 0.143. The lowest BCUT2D eigenvalue weighted by atomic mass is 10.0. The fourth-order valence-corrected chi connectivity index (χ4v) is 3.42. The van der Waals surface area contributed by atoms with Crippen molar-refractivity contribution >= 4 is 10.8 Å². The van der Waals surface area contributed by atoms with Crippen LogP contribution in [0.1, 0.15) is 30.9 Å². The maximum Gasteiger partial charge on any atom is 0.166 e. The molecule has 0 heterocycles. The van der Waals surface area contributed by atoms with Crippen LogP contribution in [0.3, 0.4) is 0 Å². The van der Waals surface area contributed by atoms with E-state index in [1.165, 1.54) is 30.3 Å². The molecule has 0 atom stereocenters. The Balaban J connectivity index is 1.56. The summed E-state index contributed by atoms with van der Waals surface area (Å²) in [4.78, 5) is 0. The molecule has 0 unspecified atom stereocenters. The second-order valence-electron chi connectivity index (χ2n) is 7.59. The second-order valence-corrected chi connectivity index (χ2v) is 7.59. The Morgan fingerprint density at radius 3 is 2.36 bits per heavy atom. The van der Waals surface area contributed by atoms with Gasteiger partial charge in [0.25, 0.3) is 0 Å².